The predicted octanol–water partition coefficient (Wildman–Crippen LogP) is 3.66. The third-order valence-corrected chi connectivity index (χ3v) is 3.03. The van der Waals surface area contributed by atoms with Crippen LogP contribution in [-0.4, -0.2) is 0 Å². The van der Waals surface area contributed by atoms with Gasteiger partial charge in [0.2, 0.25) is 0 Å². The van der Waals surface area contributed by atoms with Gasteiger partial charge in [0.05, 0.1) is 0 Å². The molecule has 13 heavy (non-hydrogen) atoms. The van der Waals surface area contributed by atoms with E-state index in [2.05, 4.69) is 6.92 Å². The van der Waals surface area contributed by atoms with E-state index in [1.165, 1.54) is 30.4 Å². The zero-order chi connectivity index (χ0) is 9.26. The molecule has 0 spiro atoms. The lowest BCUT2D eigenvalue weighted by molar-refractivity contribution is 0.415. The summed E-state index contributed by atoms with van der Waals surface area (Å²) in [4.78, 5) is 0. The first-order chi connectivity index (χ1) is 6.31. The Labute approximate surface area is 78.8 Å². The fourth-order valence-electron chi connectivity index (χ4n) is 1.99. The average Bonchev–Trinajstić information content (AvgIpc) is 2.02. The second-order valence-electron chi connectivity index (χ2n) is 3.82. The smallest absolute Gasteiger partial charge is 0.123 e. The van der Waals surface area contributed by atoms with Gasteiger partial charge < -0.3 is 0 Å². The molecule has 0 aromatic heterocycles. The highest BCUT2D eigenvalue weighted by molar-refractivity contribution is 5.32. The van der Waals surface area contributed by atoms with Crippen molar-refractivity contribution in [2.75, 3.05) is 0 Å². The molecule has 1 aliphatic carbocycles. The first-order valence-electron chi connectivity index (χ1n) is 5.09. The maximum absolute atomic E-state index is 13.0. The summed E-state index contributed by atoms with van der Waals surface area (Å²) in [6.07, 6.45) is 4.82. The molecule has 0 saturated heterocycles. The lowest BCUT2D eigenvalue weighted by Gasteiger charge is -2.27. The van der Waals surface area contributed by atoms with Gasteiger partial charge in [0.15, 0.2) is 0 Å². The quantitative estimate of drug-likeness (QED) is 0.648. The minimum Gasteiger partial charge on any atom is -0.207 e. The lowest BCUT2D eigenvalue weighted by atomic mass is 9.78. The fourth-order valence-corrected chi connectivity index (χ4v) is 1.99. The Bertz CT molecular complexity index is 300. The van der Waals surface area contributed by atoms with E-state index in [4.69, 9.17) is 0 Å². The third kappa shape index (κ3) is 1.60. The van der Waals surface area contributed by atoms with E-state index in [9.17, 15) is 4.39 Å². The number of hydrogen-bond acceptors (Lipinski definition) is 0. The van der Waals surface area contributed by atoms with Crippen molar-refractivity contribution in [3.05, 3.63) is 35.1 Å². The summed E-state index contributed by atoms with van der Waals surface area (Å²) in [5, 5.41) is 0. The summed E-state index contributed by atoms with van der Waals surface area (Å²) in [6, 6.07) is 5.23. The number of rotatable bonds is 2. The molecule has 1 fully saturated rings. The van der Waals surface area contributed by atoms with Gasteiger partial charge in [-0.15, -0.1) is 0 Å². The van der Waals surface area contributed by atoms with Crippen LogP contribution in [0.2, 0.25) is 0 Å². The SMILES string of the molecule is CCc1ccc(F)cc1C1CCC1. The highest BCUT2D eigenvalue weighted by atomic mass is 19.1. The topological polar surface area (TPSA) is 0 Å². The summed E-state index contributed by atoms with van der Waals surface area (Å²) in [7, 11) is 0. The van der Waals surface area contributed by atoms with Crippen LogP contribution in [0.1, 0.15) is 43.2 Å². The summed E-state index contributed by atoms with van der Waals surface area (Å²) in [5.74, 6) is 0.560. The van der Waals surface area contributed by atoms with Crippen LogP contribution >= 0.6 is 0 Å². The van der Waals surface area contributed by atoms with Gasteiger partial charge in [0.25, 0.3) is 0 Å². The van der Waals surface area contributed by atoms with Crippen molar-refractivity contribution in [3.8, 4) is 0 Å². The Morgan fingerprint density at radius 1 is 1.38 bits per heavy atom. The van der Waals surface area contributed by atoms with Gasteiger partial charge in [-0.05, 0) is 48.4 Å². The highest BCUT2D eigenvalue weighted by Gasteiger charge is 2.21. The largest absolute Gasteiger partial charge is 0.207 e. The summed E-state index contributed by atoms with van der Waals surface area (Å²) >= 11 is 0. The van der Waals surface area contributed by atoms with Crippen LogP contribution in [0.5, 0.6) is 0 Å². The van der Waals surface area contributed by atoms with Crippen molar-refractivity contribution in [1.82, 2.24) is 0 Å². The molecule has 0 aliphatic heterocycles. The van der Waals surface area contributed by atoms with Crippen molar-refractivity contribution in [3.63, 3.8) is 0 Å². The van der Waals surface area contributed by atoms with Crippen molar-refractivity contribution >= 4 is 0 Å². The summed E-state index contributed by atoms with van der Waals surface area (Å²) in [5.41, 5.74) is 2.58. The first-order valence-corrected chi connectivity index (χ1v) is 5.09. The van der Waals surface area contributed by atoms with Crippen LogP contribution in [0.25, 0.3) is 0 Å². The highest BCUT2D eigenvalue weighted by Crippen LogP contribution is 2.38. The lowest BCUT2D eigenvalue weighted by Crippen LogP contribution is -2.11. The first kappa shape index (κ1) is 8.74. The standard InChI is InChI=1S/C12H15F/c1-2-9-6-7-11(13)8-12(9)10-4-3-5-10/h6-8,10H,2-5H2,1H3. The van der Waals surface area contributed by atoms with Gasteiger partial charge in [-0.1, -0.05) is 19.4 Å². The van der Waals surface area contributed by atoms with E-state index in [1.54, 1.807) is 12.1 Å². The average molecular weight is 178 g/mol. The molecule has 0 nitrogen and oxygen atoms in total. The molecule has 0 amide bonds. The number of hydrogen-bond donors (Lipinski definition) is 0. The molecule has 0 heterocycles. The van der Waals surface area contributed by atoms with Crippen molar-refractivity contribution < 1.29 is 4.39 Å². The predicted molar refractivity (Wildman–Crippen MR) is 52.4 cm³/mol. The molecule has 2 rings (SSSR count). The maximum atomic E-state index is 13.0. The van der Waals surface area contributed by atoms with Crippen LogP contribution in [-0.2, 0) is 6.42 Å². The van der Waals surface area contributed by atoms with Crippen LogP contribution in [0.3, 0.4) is 0 Å². The Morgan fingerprint density at radius 3 is 2.69 bits per heavy atom. The second kappa shape index (κ2) is 3.49. The summed E-state index contributed by atoms with van der Waals surface area (Å²) in [6.45, 7) is 2.13. The van der Waals surface area contributed by atoms with Gasteiger partial charge in [-0.3, -0.25) is 0 Å². The molecule has 0 atom stereocenters. The molecule has 1 aliphatic rings. The number of halogens is 1. The normalized spacial score (nSPS) is 17.1. The molecule has 1 aromatic carbocycles. The Morgan fingerprint density at radius 2 is 2.15 bits per heavy atom. The monoisotopic (exact) mass is 178 g/mol. The third-order valence-electron chi connectivity index (χ3n) is 3.03. The molecular formula is C12H15F. The van der Waals surface area contributed by atoms with Gasteiger partial charge in [-0.25, -0.2) is 4.39 Å². The maximum Gasteiger partial charge on any atom is 0.123 e. The van der Waals surface area contributed by atoms with E-state index < -0.39 is 0 Å². The van der Waals surface area contributed by atoms with Gasteiger partial charge in [0, 0.05) is 0 Å². The molecule has 1 saturated carbocycles. The Kier molecular flexibility index (Phi) is 2.34. The number of aryl methyl sites for hydroxylation is 1. The van der Waals surface area contributed by atoms with E-state index in [-0.39, 0.29) is 5.82 Å². The van der Waals surface area contributed by atoms with Crippen LogP contribution in [0, 0.1) is 5.82 Å². The van der Waals surface area contributed by atoms with E-state index in [0.717, 1.165) is 6.42 Å². The van der Waals surface area contributed by atoms with Gasteiger partial charge in [-0.2, -0.15) is 0 Å². The molecule has 0 N–H and O–H groups in total. The van der Waals surface area contributed by atoms with Gasteiger partial charge >= 0.3 is 0 Å². The van der Waals surface area contributed by atoms with Crippen LogP contribution in [0.4, 0.5) is 4.39 Å². The Hall–Kier alpha value is -0.850. The molecule has 1 aromatic rings. The van der Waals surface area contributed by atoms with Crippen molar-refractivity contribution in [1.29, 1.82) is 0 Å². The zero-order valence-corrected chi connectivity index (χ0v) is 8.02. The Balaban J connectivity index is 2.33. The fraction of sp³-hybridized carbons (Fsp3) is 0.500. The molecule has 0 unspecified atom stereocenters. The van der Waals surface area contributed by atoms with Crippen LogP contribution < -0.4 is 0 Å². The van der Waals surface area contributed by atoms with Crippen LogP contribution in [0.15, 0.2) is 18.2 Å². The molecule has 0 radical (unpaired) electrons. The van der Waals surface area contributed by atoms with E-state index >= 15 is 0 Å². The summed E-state index contributed by atoms with van der Waals surface area (Å²) < 4.78 is 13.0. The number of benzene rings is 1. The minimum atomic E-state index is -0.0842. The molecule has 70 valence electrons. The van der Waals surface area contributed by atoms with E-state index in [1.807, 2.05) is 6.07 Å². The van der Waals surface area contributed by atoms with Gasteiger partial charge in [0.1, 0.15) is 5.82 Å². The minimum absolute atomic E-state index is 0.0842. The van der Waals surface area contributed by atoms with Crippen molar-refractivity contribution in [2.45, 2.75) is 38.5 Å². The molecule has 1 heteroatoms. The molecule has 0 bridgehead atoms. The second-order valence-corrected chi connectivity index (χ2v) is 3.82. The zero-order valence-electron chi connectivity index (χ0n) is 8.02. The van der Waals surface area contributed by atoms with Crippen molar-refractivity contribution in [2.24, 2.45) is 0 Å². The van der Waals surface area contributed by atoms with E-state index in [0.29, 0.717) is 5.92 Å². The molecular weight excluding hydrogens is 163 g/mol.